The molecule has 0 aliphatic carbocycles. The van der Waals surface area contributed by atoms with Crippen LogP contribution < -0.4 is 4.74 Å². The molecule has 0 bridgehead atoms. The van der Waals surface area contributed by atoms with Crippen LogP contribution in [0.3, 0.4) is 0 Å². The van der Waals surface area contributed by atoms with Crippen molar-refractivity contribution in [2.75, 3.05) is 6.61 Å². The Morgan fingerprint density at radius 1 is 1.25 bits per heavy atom. The normalized spacial score (nSPS) is 10.8. The number of benzene rings is 1. The molecular weight excluding hydrogens is 320 g/mol. The third-order valence-electron chi connectivity index (χ3n) is 3.96. The number of Topliss-reactive ketones (excluding diaryl/α,β-unsaturated/α-hetero) is 1. The molecule has 124 valence electrons. The Morgan fingerprint density at radius 3 is 2.54 bits per heavy atom. The Balaban J connectivity index is 1.94. The Labute approximate surface area is 145 Å². The van der Waals surface area contributed by atoms with Crippen LogP contribution in [0.1, 0.15) is 35.5 Å². The summed E-state index contributed by atoms with van der Waals surface area (Å²) in [5.74, 6) is 0.939. The molecular formula is C19H20N2O2S. The molecule has 0 unspecified atom stereocenters. The first-order valence-electron chi connectivity index (χ1n) is 7.90. The van der Waals surface area contributed by atoms with Crippen molar-refractivity contribution in [1.82, 2.24) is 9.97 Å². The average molecular weight is 340 g/mol. The first-order valence-corrected chi connectivity index (χ1v) is 8.78. The van der Waals surface area contributed by atoms with E-state index in [-0.39, 0.29) is 5.78 Å². The Kier molecular flexibility index (Phi) is 4.53. The highest BCUT2D eigenvalue weighted by Crippen LogP contribution is 2.32. The van der Waals surface area contributed by atoms with E-state index in [1.807, 2.05) is 50.4 Å². The lowest BCUT2D eigenvalue weighted by Gasteiger charge is -2.03. The zero-order valence-electron chi connectivity index (χ0n) is 14.3. The maximum absolute atomic E-state index is 11.8. The molecule has 1 N–H and O–H groups in total. The van der Waals surface area contributed by atoms with E-state index in [1.165, 1.54) is 0 Å². The van der Waals surface area contributed by atoms with Gasteiger partial charge in [-0.2, -0.15) is 0 Å². The van der Waals surface area contributed by atoms with Crippen molar-refractivity contribution in [1.29, 1.82) is 0 Å². The quantitative estimate of drug-likeness (QED) is 0.663. The highest BCUT2D eigenvalue weighted by Gasteiger charge is 2.18. The molecule has 5 heteroatoms. The number of ketones is 1. The molecule has 24 heavy (non-hydrogen) atoms. The standard InChI is InChI=1S/C19H20N2O2S/c1-5-23-15-8-6-14(7-9-15)19-21-16(10-24-19)18-11(2)17(13(4)22)12(3)20-18/h6-10,20H,5H2,1-4H3. The molecule has 0 aliphatic heterocycles. The molecule has 4 nitrogen and oxygen atoms in total. The van der Waals surface area contributed by atoms with Crippen LogP contribution in [0.25, 0.3) is 22.0 Å². The van der Waals surface area contributed by atoms with Gasteiger partial charge in [0, 0.05) is 22.2 Å². The van der Waals surface area contributed by atoms with Gasteiger partial charge in [0.05, 0.1) is 18.0 Å². The molecule has 0 atom stereocenters. The minimum atomic E-state index is 0.0782. The predicted molar refractivity (Wildman–Crippen MR) is 98.0 cm³/mol. The Hall–Kier alpha value is -2.40. The summed E-state index contributed by atoms with van der Waals surface area (Å²) in [6.45, 7) is 8.11. The van der Waals surface area contributed by atoms with Gasteiger partial charge in [-0.05, 0) is 57.5 Å². The minimum Gasteiger partial charge on any atom is -0.494 e. The number of hydrogen-bond donors (Lipinski definition) is 1. The zero-order chi connectivity index (χ0) is 17.3. The average Bonchev–Trinajstić information content (AvgIpc) is 3.13. The summed E-state index contributed by atoms with van der Waals surface area (Å²) in [5.41, 5.74) is 5.47. The number of thiazole rings is 1. The zero-order valence-corrected chi connectivity index (χ0v) is 15.1. The van der Waals surface area contributed by atoms with Crippen LogP contribution in [-0.2, 0) is 0 Å². The second-order valence-corrected chi connectivity index (χ2v) is 6.53. The van der Waals surface area contributed by atoms with Gasteiger partial charge in [0.1, 0.15) is 10.8 Å². The largest absolute Gasteiger partial charge is 0.494 e. The van der Waals surface area contributed by atoms with Crippen LogP contribution in [0.4, 0.5) is 0 Å². The van der Waals surface area contributed by atoms with Crippen molar-refractivity contribution < 1.29 is 9.53 Å². The fourth-order valence-corrected chi connectivity index (χ4v) is 3.73. The molecule has 1 aromatic carbocycles. The van der Waals surface area contributed by atoms with Gasteiger partial charge in [0.25, 0.3) is 0 Å². The number of carbonyl (C=O) groups is 1. The first kappa shape index (κ1) is 16.5. The molecule has 0 amide bonds. The summed E-state index contributed by atoms with van der Waals surface area (Å²) in [4.78, 5) is 19.8. The van der Waals surface area contributed by atoms with Crippen LogP contribution in [0.5, 0.6) is 5.75 Å². The van der Waals surface area contributed by atoms with E-state index in [1.54, 1.807) is 18.3 Å². The minimum absolute atomic E-state index is 0.0782. The summed E-state index contributed by atoms with van der Waals surface area (Å²) >= 11 is 1.59. The highest BCUT2D eigenvalue weighted by molar-refractivity contribution is 7.13. The van der Waals surface area contributed by atoms with Crippen molar-refractivity contribution in [2.45, 2.75) is 27.7 Å². The first-order chi connectivity index (χ1) is 11.5. The van der Waals surface area contributed by atoms with Crippen LogP contribution in [-0.4, -0.2) is 22.4 Å². The lowest BCUT2D eigenvalue weighted by Crippen LogP contribution is -1.94. The number of hydrogen-bond acceptors (Lipinski definition) is 4. The summed E-state index contributed by atoms with van der Waals surface area (Å²) in [7, 11) is 0. The van der Waals surface area contributed by atoms with Gasteiger partial charge in [-0.3, -0.25) is 4.79 Å². The molecule has 0 radical (unpaired) electrons. The summed E-state index contributed by atoms with van der Waals surface area (Å²) in [6, 6.07) is 7.94. The molecule has 3 rings (SSSR count). The highest BCUT2D eigenvalue weighted by atomic mass is 32.1. The van der Waals surface area contributed by atoms with Crippen LogP contribution in [0.15, 0.2) is 29.6 Å². The second-order valence-electron chi connectivity index (χ2n) is 5.68. The number of aryl methyl sites for hydroxylation is 1. The van der Waals surface area contributed by atoms with Crippen LogP contribution in [0, 0.1) is 13.8 Å². The van der Waals surface area contributed by atoms with Gasteiger partial charge < -0.3 is 9.72 Å². The van der Waals surface area contributed by atoms with Crippen molar-refractivity contribution in [3.8, 4) is 27.7 Å². The molecule has 0 saturated carbocycles. The Bertz CT molecular complexity index is 875. The molecule has 2 heterocycles. The number of nitrogens with one attached hydrogen (secondary N) is 1. The monoisotopic (exact) mass is 340 g/mol. The van der Waals surface area contributed by atoms with Gasteiger partial charge in [0.2, 0.25) is 0 Å². The van der Waals surface area contributed by atoms with Crippen molar-refractivity contribution in [3.63, 3.8) is 0 Å². The van der Waals surface area contributed by atoms with Crippen molar-refractivity contribution in [2.24, 2.45) is 0 Å². The summed E-state index contributed by atoms with van der Waals surface area (Å²) < 4.78 is 5.47. The number of carbonyl (C=O) groups excluding carboxylic acids is 1. The summed E-state index contributed by atoms with van der Waals surface area (Å²) in [6.07, 6.45) is 0. The molecule has 0 spiro atoms. The molecule has 0 saturated heterocycles. The fourth-order valence-electron chi connectivity index (χ4n) is 2.92. The molecule has 2 aromatic heterocycles. The van der Waals surface area contributed by atoms with Gasteiger partial charge >= 0.3 is 0 Å². The van der Waals surface area contributed by atoms with Crippen molar-refractivity contribution >= 4 is 17.1 Å². The Morgan fingerprint density at radius 2 is 1.96 bits per heavy atom. The van der Waals surface area contributed by atoms with E-state index in [0.29, 0.717) is 6.61 Å². The fraction of sp³-hybridized carbons (Fsp3) is 0.263. The van der Waals surface area contributed by atoms with Crippen LogP contribution in [0.2, 0.25) is 0 Å². The van der Waals surface area contributed by atoms with E-state index in [9.17, 15) is 4.79 Å². The number of aromatic nitrogens is 2. The molecule has 0 aliphatic rings. The molecule has 3 aromatic rings. The van der Waals surface area contributed by atoms with E-state index < -0.39 is 0 Å². The second kappa shape index (κ2) is 6.61. The van der Waals surface area contributed by atoms with Crippen LogP contribution >= 0.6 is 11.3 Å². The number of nitrogens with zero attached hydrogens (tertiary/aromatic N) is 1. The van der Waals surface area contributed by atoms with E-state index in [4.69, 9.17) is 9.72 Å². The van der Waals surface area contributed by atoms with E-state index in [0.717, 1.165) is 44.5 Å². The lowest BCUT2D eigenvalue weighted by molar-refractivity contribution is 0.101. The van der Waals surface area contributed by atoms with E-state index in [2.05, 4.69) is 4.98 Å². The van der Waals surface area contributed by atoms with Gasteiger partial charge in [0.15, 0.2) is 5.78 Å². The number of ether oxygens (including phenoxy) is 1. The summed E-state index contributed by atoms with van der Waals surface area (Å²) in [5, 5.41) is 2.97. The smallest absolute Gasteiger partial charge is 0.161 e. The third kappa shape index (κ3) is 2.99. The van der Waals surface area contributed by atoms with Crippen molar-refractivity contribution in [3.05, 3.63) is 46.5 Å². The topological polar surface area (TPSA) is 55.0 Å². The predicted octanol–water partition coefficient (Wildman–Crippen LogP) is 5.02. The third-order valence-corrected chi connectivity index (χ3v) is 4.85. The maximum Gasteiger partial charge on any atom is 0.161 e. The maximum atomic E-state index is 11.8. The number of rotatable bonds is 5. The van der Waals surface area contributed by atoms with Gasteiger partial charge in [-0.1, -0.05) is 0 Å². The SMILES string of the molecule is CCOc1ccc(-c2nc(-c3[nH]c(C)c(C(C)=O)c3C)cs2)cc1. The molecule has 0 fully saturated rings. The van der Waals surface area contributed by atoms with Gasteiger partial charge in [-0.15, -0.1) is 11.3 Å². The lowest BCUT2D eigenvalue weighted by atomic mass is 10.1. The number of aromatic amines is 1. The number of H-pyrrole nitrogens is 1. The van der Waals surface area contributed by atoms with Gasteiger partial charge in [-0.25, -0.2) is 4.98 Å². The van der Waals surface area contributed by atoms with E-state index >= 15 is 0 Å².